The van der Waals surface area contributed by atoms with Gasteiger partial charge >= 0.3 is 0 Å². The number of aryl methyl sites for hydroxylation is 1. The molecular formula is C8H10ClNO. The number of nitrogens with two attached hydrogens (primary N) is 1. The molecule has 1 aromatic rings. The van der Waals surface area contributed by atoms with Crippen LogP contribution in [-0.4, -0.2) is 5.11 Å². The second-order valence-corrected chi connectivity index (χ2v) is 2.84. The van der Waals surface area contributed by atoms with Gasteiger partial charge in [0.2, 0.25) is 0 Å². The minimum absolute atomic E-state index is 0.217. The molecule has 0 saturated carbocycles. The van der Waals surface area contributed by atoms with E-state index in [4.69, 9.17) is 17.3 Å². The van der Waals surface area contributed by atoms with Gasteiger partial charge in [-0.1, -0.05) is 11.6 Å². The van der Waals surface area contributed by atoms with Crippen LogP contribution in [0.15, 0.2) is 12.1 Å². The SMILES string of the molecule is Cc1cc(O)c(CN)cc1Cl. The number of hydrogen-bond donors (Lipinski definition) is 2. The van der Waals surface area contributed by atoms with Crippen LogP contribution >= 0.6 is 11.6 Å². The highest BCUT2D eigenvalue weighted by Crippen LogP contribution is 2.24. The Hall–Kier alpha value is -0.730. The summed E-state index contributed by atoms with van der Waals surface area (Å²) in [6.45, 7) is 2.15. The van der Waals surface area contributed by atoms with Gasteiger partial charge in [0, 0.05) is 17.1 Å². The minimum atomic E-state index is 0.217. The molecule has 0 aliphatic heterocycles. The fourth-order valence-corrected chi connectivity index (χ4v) is 1.06. The zero-order valence-corrected chi connectivity index (χ0v) is 7.02. The van der Waals surface area contributed by atoms with Crippen molar-refractivity contribution < 1.29 is 5.11 Å². The molecule has 0 amide bonds. The van der Waals surface area contributed by atoms with Crippen LogP contribution in [-0.2, 0) is 6.54 Å². The number of phenolic OH excluding ortho intramolecular Hbond substituents is 1. The Morgan fingerprint density at radius 2 is 2.18 bits per heavy atom. The third-order valence-electron chi connectivity index (χ3n) is 1.58. The maximum atomic E-state index is 9.28. The van der Waals surface area contributed by atoms with Gasteiger partial charge < -0.3 is 10.8 Å². The number of halogens is 1. The molecule has 0 aliphatic carbocycles. The molecule has 0 spiro atoms. The zero-order chi connectivity index (χ0) is 8.43. The average molecular weight is 172 g/mol. The topological polar surface area (TPSA) is 46.2 Å². The Kier molecular flexibility index (Phi) is 2.37. The van der Waals surface area contributed by atoms with Gasteiger partial charge in [0.15, 0.2) is 0 Å². The summed E-state index contributed by atoms with van der Waals surface area (Å²) in [6.07, 6.45) is 0. The number of benzene rings is 1. The lowest BCUT2D eigenvalue weighted by Crippen LogP contribution is -1.96. The Balaban J connectivity index is 3.21. The van der Waals surface area contributed by atoms with Gasteiger partial charge in [0.05, 0.1) is 0 Å². The Labute approximate surface area is 70.6 Å². The van der Waals surface area contributed by atoms with E-state index in [-0.39, 0.29) is 5.75 Å². The molecule has 0 saturated heterocycles. The van der Waals surface area contributed by atoms with Crippen LogP contribution < -0.4 is 5.73 Å². The monoisotopic (exact) mass is 171 g/mol. The van der Waals surface area contributed by atoms with E-state index in [1.54, 1.807) is 12.1 Å². The van der Waals surface area contributed by atoms with E-state index in [0.29, 0.717) is 17.1 Å². The molecule has 1 rings (SSSR count). The van der Waals surface area contributed by atoms with Gasteiger partial charge in [0.1, 0.15) is 5.75 Å². The van der Waals surface area contributed by atoms with Crippen LogP contribution in [0.25, 0.3) is 0 Å². The summed E-state index contributed by atoms with van der Waals surface area (Å²) in [7, 11) is 0. The molecule has 0 radical (unpaired) electrons. The maximum Gasteiger partial charge on any atom is 0.120 e. The van der Waals surface area contributed by atoms with E-state index in [1.807, 2.05) is 6.92 Å². The van der Waals surface area contributed by atoms with E-state index in [0.717, 1.165) is 5.56 Å². The fraction of sp³-hybridized carbons (Fsp3) is 0.250. The van der Waals surface area contributed by atoms with Crippen LogP contribution in [0.1, 0.15) is 11.1 Å². The quantitative estimate of drug-likeness (QED) is 0.677. The summed E-state index contributed by atoms with van der Waals surface area (Å²) < 4.78 is 0. The molecule has 0 unspecified atom stereocenters. The van der Waals surface area contributed by atoms with Crippen molar-refractivity contribution in [3.8, 4) is 5.75 Å². The van der Waals surface area contributed by atoms with Crippen LogP contribution in [0.3, 0.4) is 0 Å². The highest BCUT2D eigenvalue weighted by atomic mass is 35.5. The van der Waals surface area contributed by atoms with E-state index in [1.165, 1.54) is 0 Å². The van der Waals surface area contributed by atoms with E-state index in [2.05, 4.69) is 0 Å². The van der Waals surface area contributed by atoms with E-state index in [9.17, 15) is 5.11 Å². The lowest BCUT2D eigenvalue weighted by Gasteiger charge is -2.03. The molecular weight excluding hydrogens is 162 g/mol. The lowest BCUT2D eigenvalue weighted by molar-refractivity contribution is 0.468. The van der Waals surface area contributed by atoms with Crippen LogP contribution in [0, 0.1) is 6.92 Å². The number of rotatable bonds is 1. The second-order valence-electron chi connectivity index (χ2n) is 2.43. The maximum absolute atomic E-state index is 9.28. The molecule has 0 atom stereocenters. The summed E-state index contributed by atoms with van der Waals surface area (Å²) in [5.41, 5.74) is 6.89. The smallest absolute Gasteiger partial charge is 0.120 e. The van der Waals surface area contributed by atoms with Crippen molar-refractivity contribution in [2.45, 2.75) is 13.5 Å². The van der Waals surface area contributed by atoms with E-state index < -0.39 is 0 Å². The Morgan fingerprint density at radius 1 is 1.55 bits per heavy atom. The highest BCUT2D eigenvalue weighted by Gasteiger charge is 2.02. The summed E-state index contributed by atoms with van der Waals surface area (Å²) >= 11 is 5.80. The summed E-state index contributed by atoms with van der Waals surface area (Å²) in [5, 5.41) is 9.92. The summed E-state index contributed by atoms with van der Waals surface area (Å²) in [4.78, 5) is 0. The fourth-order valence-electron chi connectivity index (χ4n) is 0.871. The largest absolute Gasteiger partial charge is 0.508 e. The van der Waals surface area contributed by atoms with Crippen molar-refractivity contribution in [3.63, 3.8) is 0 Å². The van der Waals surface area contributed by atoms with Crippen molar-refractivity contribution in [2.75, 3.05) is 0 Å². The molecule has 1 aromatic carbocycles. The molecule has 60 valence electrons. The normalized spacial score (nSPS) is 10.1. The van der Waals surface area contributed by atoms with Gasteiger partial charge in [-0.05, 0) is 24.6 Å². The standard InChI is InChI=1S/C8H10ClNO/c1-5-2-8(11)6(4-10)3-7(5)9/h2-3,11H,4,10H2,1H3. The van der Waals surface area contributed by atoms with Gasteiger partial charge in [-0.2, -0.15) is 0 Å². The first-order valence-electron chi connectivity index (χ1n) is 3.33. The number of hydrogen-bond acceptors (Lipinski definition) is 2. The molecule has 0 aromatic heterocycles. The second kappa shape index (κ2) is 3.11. The van der Waals surface area contributed by atoms with Crippen molar-refractivity contribution in [2.24, 2.45) is 5.73 Å². The summed E-state index contributed by atoms with van der Waals surface area (Å²) in [5.74, 6) is 0.217. The van der Waals surface area contributed by atoms with Crippen molar-refractivity contribution >= 4 is 11.6 Å². The third-order valence-corrected chi connectivity index (χ3v) is 1.99. The Bertz CT molecular complexity index is 273. The van der Waals surface area contributed by atoms with Crippen molar-refractivity contribution in [1.82, 2.24) is 0 Å². The lowest BCUT2D eigenvalue weighted by atomic mass is 10.1. The first-order valence-corrected chi connectivity index (χ1v) is 3.71. The Morgan fingerprint density at radius 3 is 2.73 bits per heavy atom. The predicted molar refractivity (Wildman–Crippen MR) is 45.7 cm³/mol. The van der Waals surface area contributed by atoms with Crippen molar-refractivity contribution in [3.05, 3.63) is 28.3 Å². The molecule has 0 heterocycles. The van der Waals surface area contributed by atoms with Gasteiger partial charge in [-0.15, -0.1) is 0 Å². The molecule has 11 heavy (non-hydrogen) atoms. The van der Waals surface area contributed by atoms with Crippen molar-refractivity contribution in [1.29, 1.82) is 0 Å². The third kappa shape index (κ3) is 1.64. The first kappa shape index (κ1) is 8.37. The van der Waals surface area contributed by atoms with Crippen LogP contribution in [0.5, 0.6) is 5.75 Å². The van der Waals surface area contributed by atoms with E-state index >= 15 is 0 Å². The first-order chi connectivity index (χ1) is 5.15. The van der Waals surface area contributed by atoms with Gasteiger partial charge in [0.25, 0.3) is 0 Å². The van der Waals surface area contributed by atoms with Crippen LogP contribution in [0.4, 0.5) is 0 Å². The zero-order valence-electron chi connectivity index (χ0n) is 6.26. The molecule has 0 bridgehead atoms. The molecule has 0 fully saturated rings. The van der Waals surface area contributed by atoms with Crippen LogP contribution in [0.2, 0.25) is 5.02 Å². The average Bonchev–Trinajstić information content (AvgIpc) is 1.97. The molecule has 0 aliphatic rings. The molecule has 3 heteroatoms. The molecule has 3 N–H and O–H groups in total. The van der Waals surface area contributed by atoms with Gasteiger partial charge in [-0.25, -0.2) is 0 Å². The highest BCUT2D eigenvalue weighted by molar-refractivity contribution is 6.31. The number of phenols is 1. The predicted octanol–water partition coefficient (Wildman–Crippen LogP) is 1.81. The number of aromatic hydroxyl groups is 1. The van der Waals surface area contributed by atoms with Gasteiger partial charge in [-0.3, -0.25) is 0 Å². The minimum Gasteiger partial charge on any atom is -0.508 e. The molecule has 2 nitrogen and oxygen atoms in total. The summed E-state index contributed by atoms with van der Waals surface area (Å²) in [6, 6.07) is 3.30.